The second-order valence-corrected chi connectivity index (χ2v) is 2.06. The Balaban J connectivity index is -0.0000000159. The van der Waals surface area contributed by atoms with Crippen LogP contribution in [0.5, 0.6) is 0 Å². The molecule has 0 fully saturated rings. The fourth-order valence-electron chi connectivity index (χ4n) is 0.354. The predicted octanol–water partition coefficient (Wildman–Crippen LogP) is 6.94. The van der Waals surface area contributed by atoms with Crippen molar-refractivity contribution in [3.05, 3.63) is 0 Å². The van der Waals surface area contributed by atoms with Crippen molar-refractivity contribution in [2.45, 2.75) is 95.9 Å². The predicted molar refractivity (Wildman–Crippen MR) is 77.3 cm³/mol. The first-order chi connectivity index (χ1) is 5.83. The number of rotatable bonds is 2. The summed E-state index contributed by atoms with van der Waals surface area (Å²) >= 11 is 0. The summed E-state index contributed by atoms with van der Waals surface area (Å²) in [4.78, 5) is 0. The molecule has 0 aliphatic heterocycles. The van der Waals surface area contributed by atoms with Crippen LogP contribution in [0, 0.1) is 0 Å². The number of hydrogen-bond acceptors (Lipinski definition) is 0. The van der Waals surface area contributed by atoms with E-state index in [0.717, 1.165) is 0 Å². The average Bonchev–Trinajstić information content (AvgIpc) is 2.14. The molecule has 0 saturated heterocycles. The Bertz CT molecular complexity index is 14.0. The third-order valence-electron chi connectivity index (χ3n) is 0.707. The maximum atomic E-state index is 2.21. The Morgan fingerprint density at radius 3 is 0.714 bits per heavy atom. The van der Waals surface area contributed by atoms with Crippen LogP contribution in [0.2, 0.25) is 0 Å². The molecule has 0 aliphatic rings. The highest BCUT2D eigenvalue weighted by molar-refractivity contribution is 4.24. The molecule has 0 heteroatoms. The van der Waals surface area contributed by atoms with Gasteiger partial charge in [0, 0.05) is 0 Å². The first-order valence-corrected chi connectivity index (χ1v) is 5.83. The van der Waals surface area contributed by atoms with E-state index in [1.807, 2.05) is 27.7 Å². The molecule has 0 aromatic carbocycles. The average molecular weight is 208 g/mol. The first-order valence-electron chi connectivity index (χ1n) is 5.83. The standard InChI is InChI=1S/C5H12.C3H8.2C2H6.2CH4/c1-3-5-4-2;1-3-2;2*1-2;;/h3-5H2,1-2H3;3H2,1-2H3;2*1-2H3;2*1H4. The largest absolute Gasteiger partial charge is 0.0776 e. The van der Waals surface area contributed by atoms with Crippen LogP contribution in [-0.2, 0) is 0 Å². The van der Waals surface area contributed by atoms with Crippen LogP contribution >= 0.6 is 0 Å². The van der Waals surface area contributed by atoms with Gasteiger partial charge in [0.15, 0.2) is 0 Å². The molecule has 0 spiro atoms. The van der Waals surface area contributed by atoms with Crippen molar-refractivity contribution in [1.29, 1.82) is 0 Å². The van der Waals surface area contributed by atoms with E-state index in [1.54, 1.807) is 0 Å². The lowest BCUT2D eigenvalue weighted by atomic mass is 10.3. The van der Waals surface area contributed by atoms with E-state index >= 15 is 0 Å². The molecule has 0 radical (unpaired) electrons. The minimum atomic E-state index is 0. The summed E-state index contributed by atoms with van der Waals surface area (Å²) in [7, 11) is 0. The van der Waals surface area contributed by atoms with Crippen molar-refractivity contribution < 1.29 is 0 Å². The Hall–Kier alpha value is 0. The second kappa shape index (κ2) is 117. The molecule has 0 heterocycles. The molecular weight excluding hydrogens is 168 g/mol. The van der Waals surface area contributed by atoms with Gasteiger partial charge in [0.25, 0.3) is 0 Å². The molecule has 0 amide bonds. The number of hydrogen-bond donors (Lipinski definition) is 0. The van der Waals surface area contributed by atoms with Crippen LogP contribution < -0.4 is 0 Å². The van der Waals surface area contributed by atoms with Gasteiger partial charge in [-0.05, 0) is 0 Å². The maximum absolute atomic E-state index is 2.21. The smallest absolute Gasteiger partial charge is 0.0538 e. The van der Waals surface area contributed by atoms with Gasteiger partial charge in [0.05, 0.1) is 0 Å². The lowest BCUT2D eigenvalue weighted by Crippen LogP contribution is -1.59. The van der Waals surface area contributed by atoms with Crippen LogP contribution in [-0.4, -0.2) is 0 Å². The van der Waals surface area contributed by atoms with Gasteiger partial charge in [-0.2, -0.15) is 0 Å². The van der Waals surface area contributed by atoms with Crippen LogP contribution in [0.3, 0.4) is 0 Å². The first kappa shape index (κ1) is 37.0. The fourth-order valence-corrected chi connectivity index (χ4v) is 0.354. The molecule has 0 rings (SSSR count). The van der Waals surface area contributed by atoms with Crippen molar-refractivity contribution in [2.24, 2.45) is 0 Å². The van der Waals surface area contributed by atoms with Crippen LogP contribution in [0.1, 0.15) is 95.9 Å². The van der Waals surface area contributed by atoms with Gasteiger partial charge in [-0.3, -0.25) is 0 Å². The van der Waals surface area contributed by atoms with Gasteiger partial charge in [-0.1, -0.05) is 95.9 Å². The Morgan fingerprint density at radius 1 is 0.571 bits per heavy atom. The molecule has 0 bridgehead atoms. The summed E-state index contributed by atoms with van der Waals surface area (Å²) in [6.07, 6.45) is 5.33. The summed E-state index contributed by atoms with van der Waals surface area (Å²) in [5, 5.41) is 0. The molecular formula is C14H40. The van der Waals surface area contributed by atoms with Crippen LogP contribution in [0.25, 0.3) is 0 Å². The van der Waals surface area contributed by atoms with Gasteiger partial charge in [-0.25, -0.2) is 0 Å². The third kappa shape index (κ3) is 363. The van der Waals surface area contributed by atoms with Crippen molar-refractivity contribution in [3.63, 3.8) is 0 Å². The van der Waals surface area contributed by atoms with E-state index in [4.69, 9.17) is 0 Å². The van der Waals surface area contributed by atoms with Crippen molar-refractivity contribution in [2.75, 3.05) is 0 Å². The lowest BCUT2D eigenvalue weighted by Gasteiger charge is -1.79. The Labute approximate surface area is 96.5 Å². The SMILES string of the molecule is C.C.CC.CC.CCC.CCCCC. The molecule has 0 nitrogen and oxygen atoms in total. The zero-order valence-corrected chi connectivity index (χ0v) is 10.8. The summed E-state index contributed by atoms with van der Waals surface area (Å²) < 4.78 is 0. The van der Waals surface area contributed by atoms with E-state index in [9.17, 15) is 0 Å². The van der Waals surface area contributed by atoms with E-state index in [1.165, 1.54) is 25.7 Å². The molecule has 0 aromatic heterocycles. The molecule has 0 unspecified atom stereocenters. The zero-order valence-electron chi connectivity index (χ0n) is 10.8. The van der Waals surface area contributed by atoms with E-state index < -0.39 is 0 Å². The molecule has 0 aromatic rings. The zero-order chi connectivity index (χ0) is 10.8. The highest BCUT2D eigenvalue weighted by atomic mass is 13.7. The van der Waals surface area contributed by atoms with Gasteiger partial charge >= 0.3 is 0 Å². The van der Waals surface area contributed by atoms with Gasteiger partial charge in [0.1, 0.15) is 0 Å². The molecule has 0 aliphatic carbocycles. The minimum Gasteiger partial charge on any atom is -0.0776 e. The van der Waals surface area contributed by atoms with Gasteiger partial charge in [-0.15, -0.1) is 0 Å². The summed E-state index contributed by atoms with van der Waals surface area (Å²) in [6.45, 7) is 16.7. The van der Waals surface area contributed by atoms with E-state index in [-0.39, 0.29) is 14.9 Å². The van der Waals surface area contributed by atoms with Crippen molar-refractivity contribution in [1.82, 2.24) is 0 Å². The monoisotopic (exact) mass is 208 g/mol. The van der Waals surface area contributed by atoms with Crippen molar-refractivity contribution >= 4 is 0 Å². The summed E-state index contributed by atoms with van der Waals surface area (Å²) in [5.74, 6) is 0. The third-order valence-corrected chi connectivity index (χ3v) is 0.707. The highest BCUT2D eigenvalue weighted by Gasteiger charge is 1.68. The highest BCUT2D eigenvalue weighted by Crippen LogP contribution is 1.88. The summed E-state index contributed by atoms with van der Waals surface area (Å²) in [5.41, 5.74) is 0. The van der Waals surface area contributed by atoms with E-state index in [0.29, 0.717) is 0 Å². The second-order valence-electron chi connectivity index (χ2n) is 2.06. The lowest BCUT2D eigenvalue weighted by molar-refractivity contribution is 0.772. The van der Waals surface area contributed by atoms with Gasteiger partial charge in [0.2, 0.25) is 0 Å². The molecule has 0 saturated carbocycles. The Kier molecular flexibility index (Phi) is 309. The molecule has 96 valence electrons. The quantitative estimate of drug-likeness (QED) is 0.461. The fraction of sp³-hybridized carbons (Fsp3) is 1.00. The van der Waals surface area contributed by atoms with Gasteiger partial charge < -0.3 is 0 Å². The van der Waals surface area contributed by atoms with E-state index in [2.05, 4.69) is 27.7 Å². The molecule has 14 heavy (non-hydrogen) atoms. The van der Waals surface area contributed by atoms with Crippen LogP contribution in [0.4, 0.5) is 0 Å². The molecule has 0 N–H and O–H groups in total. The maximum Gasteiger partial charge on any atom is -0.0538 e. The van der Waals surface area contributed by atoms with Crippen molar-refractivity contribution in [3.8, 4) is 0 Å². The minimum absolute atomic E-state index is 0. The molecule has 0 atom stereocenters. The topological polar surface area (TPSA) is 0 Å². The Morgan fingerprint density at radius 2 is 0.714 bits per heavy atom. The summed E-state index contributed by atoms with van der Waals surface area (Å²) in [6, 6.07) is 0. The normalized spacial score (nSPS) is 5.14. The number of unbranched alkanes of at least 4 members (excludes halogenated alkanes) is 2. The van der Waals surface area contributed by atoms with Crippen LogP contribution in [0.15, 0.2) is 0 Å².